The summed E-state index contributed by atoms with van der Waals surface area (Å²) in [5.41, 5.74) is 7.93. The van der Waals surface area contributed by atoms with Gasteiger partial charge in [0.2, 0.25) is 0 Å². The van der Waals surface area contributed by atoms with Gasteiger partial charge in [-0.1, -0.05) is 30.3 Å². The fraction of sp³-hybridized carbons (Fsp3) is 0.368. The quantitative estimate of drug-likeness (QED) is 0.847. The first-order valence-corrected chi connectivity index (χ1v) is 7.49. The largest absolute Gasteiger partial charge is 0.384 e. The Kier molecular flexibility index (Phi) is 5.40. The van der Waals surface area contributed by atoms with Crippen molar-refractivity contribution in [3.05, 3.63) is 64.2 Å². The highest BCUT2D eigenvalue weighted by Crippen LogP contribution is 2.20. The molecule has 0 amide bonds. The summed E-state index contributed by atoms with van der Waals surface area (Å²) >= 11 is 0. The average molecular weight is 283 g/mol. The number of benzene rings is 2. The Morgan fingerprint density at radius 2 is 1.62 bits per heavy atom. The maximum absolute atomic E-state index is 5.18. The summed E-state index contributed by atoms with van der Waals surface area (Å²) < 4.78 is 5.18. The summed E-state index contributed by atoms with van der Waals surface area (Å²) in [4.78, 5) is 0. The van der Waals surface area contributed by atoms with Crippen molar-refractivity contribution in [3.63, 3.8) is 0 Å². The van der Waals surface area contributed by atoms with Gasteiger partial charge in [0.05, 0.1) is 6.61 Å². The highest BCUT2D eigenvalue weighted by atomic mass is 16.5. The minimum absolute atomic E-state index is 0.751. The molecule has 0 heterocycles. The zero-order chi connectivity index (χ0) is 15.2. The van der Waals surface area contributed by atoms with E-state index < -0.39 is 0 Å². The number of ether oxygens (including phenoxy) is 1. The van der Waals surface area contributed by atoms with Crippen LogP contribution in [0.3, 0.4) is 0 Å². The molecule has 2 aromatic rings. The number of hydrogen-bond acceptors (Lipinski definition) is 2. The predicted molar refractivity (Wildman–Crippen MR) is 90.0 cm³/mol. The summed E-state index contributed by atoms with van der Waals surface area (Å²) in [5, 5.41) is 3.57. The highest BCUT2D eigenvalue weighted by molar-refractivity contribution is 5.52. The van der Waals surface area contributed by atoms with Crippen molar-refractivity contribution in [1.29, 1.82) is 0 Å². The van der Waals surface area contributed by atoms with E-state index in [-0.39, 0.29) is 0 Å². The molecule has 0 bridgehead atoms. The standard InChI is InChI=1S/C19H25NO/c1-14-11-16(3)18(12-15(14)2)13-20-19-8-6-5-7-17(19)9-10-21-4/h5-8,11-12,20H,9-10,13H2,1-4H3. The summed E-state index contributed by atoms with van der Waals surface area (Å²) in [6, 6.07) is 13.0. The molecule has 0 unspecified atom stereocenters. The third-order valence-electron chi connectivity index (χ3n) is 4.01. The van der Waals surface area contributed by atoms with Crippen molar-refractivity contribution in [2.45, 2.75) is 33.7 Å². The van der Waals surface area contributed by atoms with Crippen LogP contribution in [0.5, 0.6) is 0 Å². The lowest BCUT2D eigenvalue weighted by molar-refractivity contribution is 0.202. The van der Waals surface area contributed by atoms with Crippen LogP contribution < -0.4 is 5.32 Å². The third kappa shape index (κ3) is 4.08. The molecule has 2 heteroatoms. The second kappa shape index (κ2) is 7.28. The Morgan fingerprint density at radius 3 is 2.38 bits per heavy atom. The maximum atomic E-state index is 5.18. The van der Waals surface area contributed by atoms with Crippen molar-refractivity contribution in [2.75, 3.05) is 19.0 Å². The van der Waals surface area contributed by atoms with E-state index in [4.69, 9.17) is 4.74 Å². The Balaban J connectivity index is 2.11. The minimum atomic E-state index is 0.751. The minimum Gasteiger partial charge on any atom is -0.384 e. The van der Waals surface area contributed by atoms with E-state index in [1.807, 2.05) is 0 Å². The molecule has 0 atom stereocenters. The molecule has 0 spiro atoms. The molecule has 0 aliphatic carbocycles. The molecule has 2 aromatic carbocycles. The second-order valence-electron chi connectivity index (χ2n) is 5.62. The van der Waals surface area contributed by atoms with E-state index in [1.165, 1.54) is 33.5 Å². The highest BCUT2D eigenvalue weighted by Gasteiger charge is 2.04. The van der Waals surface area contributed by atoms with Gasteiger partial charge in [-0.3, -0.25) is 0 Å². The van der Waals surface area contributed by atoms with Gasteiger partial charge in [-0.05, 0) is 61.1 Å². The van der Waals surface area contributed by atoms with E-state index in [0.29, 0.717) is 0 Å². The molecule has 0 saturated carbocycles. The first kappa shape index (κ1) is 15.6. The summed E-state index contributed by atoms with van der Waals surface area (Å²) in [5.74, 6) is 0. The van der Waals surface area contributed by atoms with E-state index in [9.17, 15) is 0 Å². The monoisotopic (exact) mass is 283 g/mol. The van der Waals surface area contributed by atoms with Crippen LogP contribution in [0.1, 0.15) is 27.8 Å². The third-order valence-corrected chi connectivity index (χ3v) is 4.01. The van der Waals surface area contributed by atoms with Gasteiger partial charge >= 0.3 is 0 Å². The summed E-state index contributed by atoms with van der Waals surface area (Å²) in [6.45, 7) is 8.13. The number of para-hydroxylation sites is 1. The fourth-order valence-corrected chi connectivity index (χ4v) is 2.52. The molecule has 2 nitrogen and oxygen atoms in total. The molecule has 0 saturated heterocycles. The number of rotatable bonds is 6. The van der Waals surface area contributed by atoms with Crippen LogP contribution in [-0.2, 0) is 17.7 Å². The molecule has 21 heavy (non-hydrogen) atoms. The molecule has 0 radical (unpaired) electrons. The lowest BCUT2D eigenvalue weighted by atomic mass is 10.0. The molecule has 112 valence electrons. The molecular weight excluding hydrogens is 258 g/mol. The van der Waals surface area contributed by atoms with Gasteiger partial charge in [0, 0.05) is 19.3 Å². The number of anilines is 1. The van der Waals surface area contributed by atoms with Crippen molar-refractivity contribution in [3.8, 4) is 0 Å². The molecule has 0 aromatic heterocycles. The second-order valence-corrected chi connectivity index (χ2v) is 5.62. The van der Waals surface area contributed by atoms with Crippen LogP contribution in [0.2, 0.25) is 0 Å². The lowest BCUT2D eigenvalue weighted by Gasteiger charge is -2.14. The molecule has 1 N–H and O–H groups in total. The van der Waals surface area contributed by atoms with Crippen LogP contribution in [0.4, 0.5) is 5.69 Å². The first-order valence-electron chi connectivity index (χ1n) is 7.49. The average Bonchev–Trinajstić information content (AvgIpc) is 2.48. The number of nitrogens with one attached hydrogen (secondary N) is 1. The van der Waals surface area contributed by atoms with Gasteiger partial charge in [0.25, 0.3) is 0 Å². The number of hydrogen-bond donors (Lipinski definition) is 1. The van der Waals surface area contributed by atoms with E-state index >= 15 is 0 Å². The molecule has 0 aliphatic heterocycles. The first-order chi connectivity index (χ1) is 10.1. The van der Waals surface area contributed by atoms with Crippen LogP contribution in [-0.4, -0.2) is 13.7 Å². The molecule has 0 fully saturated rings. The molecule has 2 rings (SSSR count). The van der Waals surface area contributed by atoms with Gasteiger partial charge in [-0.25, -0.2) is 0 Å². The van der Waals surface area contributed by atoms with Crippen molar-refractivity contribution >= 4 is 5.69 Å². The Labute approximate surface area is 128 Å². The Hall–Kier alpha value is -1.80. The lowest BCUT2D eigenvalue weighted by Crippen LogP contribution is -2.06. The van der Waals surface area contributed by atoms with Gasteiger partial charge < -0.3 is 10.1 Å². The van der Waals surface area contributed by atoms with Gasteiger partial charge in [-0.15, -0.1) is 0 Å². The van der Waals surface area contributed by atoms with Gasteiger partial charge in [0.1, 0.15) is 0 Å². The summed E-state index contributed by atoms with van der Waals surface area (Å²) in [7, 11) is 1.74. The zero-order valence-electron chi connectivity index (χ0n) is 13.5. The van der Waals surface area contributed by atoms with Crippen molar-refractivity contribution in [1.82, 2.24) is 0 Å². The molecular formula is C19H25NO. The Bertz CT molecular complexity index is 605. The van der Waals surface area contributed by atoms with E-state index in [2.05, 4.69) is 62.5 Å². The normalized spacial score (nSPS) is 10.7. The van der Waals surface area contributed by atoms with E-state index in [1.54, 1.807) is 7.11 Å². The Morgan fingerprint density at radius 1 is 0.905 bits per heavy atom. The van der Waals surface area contributed by atoms with Gasteiger partial charge in [0.15, 0.2) is 0 Å². The molecule has 0 aliphatic rings. The topological polar surface area (TPSA) is 21.3 Å². The van der Waals surface area contributed by atoms with Crippen LogP contribution in [0, 0.1) is 20.8 Å². The van der Waals surface area contributed by atoms with Crippen LogP contribution in [0.15, 0.2) is 36.4 Å². The van der Waals surface area contributed by atoms with Crippen LogP contribution in [0.25, 0.3) is 0 Å². The fourth-order valence-electron chi connectivity index (χ4n) is 2.52. The van der Waals surface area contributed by atoms with Gasteiger partial charge in [-0.2, -0.15) is 0 Å². The van der Waals surface area contributed by atoms with Crippen molar-refractivity contribution in [2.24, 2.45) is 0 Å². The van der Waals surface area contributed by atoms with Crippen molar-refractivity contribution < 1.29 is 4.74 Å². The number of aryl methyl sites for hydroxylation is 3. The zero-order valence-corrected chi connectivity index (χ0v) is 13.5. The summed E-state index contributed by atoms with van der Waals surface area (Å²) in [6.07, 6.45) is 0.936. The maximum Gasteiger partial charge on any atom is 0.0503 e. The smallest absolute Gasteiger partial charge is 0.0503 e. The SMILES string of the molecule is COCCc1ccccc1NCc1cc(C)c(C)cc1C. The van der Waals surface area contributed by atoms with Crippen LogP contribution >= 0.6 is 0 Å². The predicted octanol–water partition coefficient (Wildman–Crippen LogP) is 4.41. The number of methoxy groups -OCH3 is 1. The van der Waals surface area contributed by atoms with E-state index in [0.717, 1.165) is 19.6 Å².